The second kappa shape index (κ2) is 12.3. The molecule has 2 aromatic carbocycles. The maximum atomic E-state index is 13.0. The number of hydrogen-bond acceptors (Lipinski definition) is 7. The van der Waals surface area contributed by atoms with Crippen LogP contribution in [-0.4, -0.2) is 48.7 Å². The number of urea groups is 1. The van der Waals surface area contributed by atoms with Crippen LogP contribution in [0.25, 0.3) is 5.69 Å². The Morgan fingerprint density at radius 1 is 0.975 bits per heavy atom. The highest BCUT2D eigenvalue weighted by Crippen LogP contribution is 2.28. The summed E-state index contributed by atoms with van der Waals surface area (Å²) >= 11 is 0. The average Bonchev–Trinajstić information content (AvgIpc) is 3.35. The van der Waals surface area contributed by atoms with Gasteiger partial charge in [0.05, 0.1) is 28.2 Å². The fraction of sp³-hybridized carbons (Fsp3) is 0.276. The molecule has 0 aliphatic carbocycles. The third-order valence-electron chi connectivity index (χ3n) is 5.88. The smallest absolute Gasteiger partial charge is 0.324 e. The average molecular weight is 564 g/mol. The van der Waals surface area contributed by atoms with Crippen LogP contribution in [0.15, 0.2) is 84.0 Å². The molecule has 0 saturated carbocycles. The molecule has 10 nitrogen and oxygen atoms in total. The normalized spacial score (nSPS) is 11.7. The Morgan fingerprint density at radius 2 is 1.75 bits per heavy atom. The van der Waals surface area contributed by atoms with Gasteiger partial charge in [-0.1, -0.05) is 26.8 Å². The number of pyridine rings is 1. The lowest BCUT2D eigenvalue weighted by Crippen LogP contribution is -2.21. The highest BCUT2D eigenvalue weighted by atomic mass is 32.2. The van der Waals surface area contributed by atoms with Gasteiger partial charge in [0.25, 0.3) is 0 Å². The van der Waals surface area contributed by atoms with E-state index in [1.165, 1.54) is 7.11 Å². The van der Waals surface area contributed by atoms with Crippen molar-refractivity contribution in [2.45, 2.75) is 37.5 Å². The molecule has 40 heavy (non-hydrogen) atoms. The van der Waals surface area contributed by atoms with Crippen LogP contribution in [-0.2, 0) is 20.0 Å². The summed E-state index contributed by atoms with van der Waals surface area (Å²) in [6.45, 7) is 6.39. The Bertz CT molecular complexity index is 1550. The van der Waals surface area contributed by atoms with E-state index in [-0.39, 0.29) is 16.1 Å². The van der Waals surface area contributed by atoms with Crippen LogP contribution in [0.5, 0.6) is 11.5 Å². The third kappa shape index (κ3) is 7.45. The zero-order chi connectivity index (χ0) is 28.8. The topological polar surface area (TPSA) is 124 Å². The van der Waals surface area contributed by atoms with Gasteiger partial charge in [0.2, 0.25) is 0 Å². The molecule has 0 atom stereocenters. The van der Waals surface area contributed by atoms with Gasteiger partial charge in [-0.2, -0.15) is 5.10 Å². The van der Waals surface area contributed by atoms with Gasteiger partial charge >= 0.3 is 6.03 Å². The largest absolute Gasteiger partial charge is 0.456 e. The Hall–Kier alpha value is -4.22. The van der Waals surface area contributed by atoms with Crippen LogP contribution in [0.4, 0.5) is 16.3 Å². The fourth-order valence-electron chi connectivity index (χ4n) is 3.78. The van der Waals surface area contributed by atoms with Crippen molar-refractivity contribution in [2.24, 2.45) is 0 Å². The molecule has 0 bridgehead atoms. The minimum atomic E-state index is -3.52. The lowest BCUT2D eigenvalue weighted by molar-refractivity contribution is 0.199. The molecule has 0 radical (unpaired) electrons. The van der Waals surface area contributed by atoms with Crippen LogP contribution < -0.4 is 15.4 Å². The van der Waals surface area contributed by atoms with Crippen molar-refractivity contribution >= 4 is 27.4 Å². The number of benzene rings is 2. The van der Waals surface area contributed by atoms with E-state index in [9.17, 15) is 13.2 Å². The number of nitrogens with zero attached hydrogens (tertiary/aromatic N) is 3. The molecule has 0 fully saturated rings. The van der Waals surface area contributed by atoms with Crippen LogP contribution in [0, 0.1) is 0 Å². The van der Waals surface area contributed by atoms with E-state index in [2.05, 4.69) is 15.6 Å². The molecule has 2 N–H and O–H groups in total. The number of ether oxygens (including phenoxy) is 2. The van der Waals surface area contributed by atoms with E-state index >= 15 is 0 Å². The number of amides is 2. The van der Waals surface area contributed by atoms with Crippen LogP contribution in [0.2, 0.25) is 0 Å². The van der Waals surface area contributed by atoms with Crippen molar-refractivity contribution in [1.82, 2.24) is 14.8 Å². The van der Waals surface area contributed by atoms with E-state index in [1.807, 2.05) is 20.8 Å². The van der Waals surface area contributed by atoms with Crippen molar-refractivity contribution in [3.8, 4) is 17.2 Å². The molecule has 0 saturated heterocycles. The molecular formula is C29H33N5O5S. The van der Waals surface area contributed by atoms with Crippen molar-refractivity contribution in [3.05, 3.63) is 84.8 Å². The first-order chi connectivity index (χ1) is 19.0. The molecule has 11 heteroatoms. The minimum Gasteiger partial charge on any atom is -0.456 e. The van der Waals surface area contributed by atoms with Gasteiger partial charge in [0.1, 0.15) is 17.3 Å². The maximum Gasteiger partial charge on any atom is 0.324 e. The van der Waals surface area contributed by atoms with Gasteiger partial charge in [-0.15, -0.1) is 0 Å². The zero-order valence-corrected chi connectivity index (χ0v) is 23.7. The highest BCUT2D eigenvalue weighted by Gasteiger charge is 2.23. The van der Waals surface area contributed by atoms with E-state index in [4.69, 9.17) is 14.6 Å². The molecule has 4 rings (SSSR count). The van der Waals surface area contributed by atoms with E-state index in [0.717, 1.165) is 5.69 Å². The van der Waals surface area contributed by atoms with Crippen molar-refractivity contribution in [2.75, 3.05) is 30.1 Å². The first kappa shape index (κ1) is 28.8. The molecule has 2 amide bonds. The van der Waals surface area contributed by atoms with Gasteiger partial charge in [0.15, 0.2) is 9.84 Å². The van der Waals surface area contributed by atoms with E-state index in [0.29, 0.717) is 41.7 Å². The molecule has 0 aliphatic rings. The van der Waals surface area contributed by atoms with Gasteiger partial charge in [-0.05, 0) is 61.0 Å². The number of carbonyl (C=O) groups excluding carboxylic acids is 1. The number of carbonyl (C=O) groups is 1. The number of methoxy groups -OCH3 is 1. The monoisotopic (exact) mass is 563 g/mol. The van der Waals surface area contributed by atoms with Crippen LogP contribution in [0.1, 0.15) is 32.9 Å². The Labute approximate surface area is 234 Å². The Kier molecular flexibility index (Phi) is 8.86. The second-order valence-corrected chi connectivity index (χ2v) is 12.2. The summed E-state index contributed by atoms with van der Waals surface area (Å²) in [6.07, 6.45) is 3.67. The summed E-state index contributed by atoms with van der Waals surface area (Å²) in [7, 11) is -1.98. The Morgan fingerprint density at radius 3 is 2.42 bits per heavy atom. The quantitative estimate of drug-likeness (QED) is 0.233. The molecule has 4 aromatic rings. The van der Waals surface area contributed by atoms with Crippen LogP contribution >= 0.6 is 0 Å². The summed E-state index contributed by atoms with van der Waals surface area (Å²) in [6, 6.07) is 18.3. The van der Waals surface area contributed by atoms with Gasteiger partial charge in [-0.3, -0.25) is 10.3 Å². The molecule has 0 spiro atoms. The van der Waals surface area contributed by atoms with Gasteiger partial charge in [0, 0.05) is 37.1 Å². The van der Waals surface area contributed by atoms with Crippen molar-refractivity contribution < 1.29 is 22.7 Å². The number of rotatable bonds is 10. The third-order valence-corrected chi connectivity index (χ3v) is 7.68. The van der Waals surface area contributed by atoms with Gasteiger partial charge in [-0.25, -0.2) is 17.9 Å². The zero-order valence-electron chi connectivity index (χ0n) is 22.9. The molecule has 210 valence electrons. The predicted molar refractivity (Wildman–Crippen MR) is 154 cm³/mol. The number of anilines is 2. The van der Waals surface area contributed by atoms with Crippen molar-refractivity contribution in [3.63, 3.8) is 0 Å². The van der Waals surface area contributed by atoms with E-state index < -0.39 is 15.9 Å². The Balaban J connectivity index is 1.53. The summed E-state index contributed by atoms with van der Waals surface area (Å²) < 4.78 is 38.0. The van der Waals surface area contributed by atoms with Gasteiger partial charge < -0.3 is 14.8 Å². The molecule has 0 unspecified atom stereocenters. The minimum absolute atomic E-state index is 0.0315. The molecular weight excluding hydrogens is 530 g/mol. The SMILES string of the molecule is COCCCS(=O)(=O)c1cccc(-n2nc(C(C)(C)C)cc2NC(=O)Nc2ccc(Oc3cccnc3)cc2)c1. The lowest BCUT2D eigenvalue weighted by Gasteiger charge is -2.14. The number of hydrogen-bond donors (Lipinski definition) is 2. The summed E-state index contributed by atoms with van der Waals surface area (Å²) in [5, 5.41) is 10.4. The fourth-order valence-corrected chi connectivity index (χ4v) is 5.10. The summed E-state index contributed by atoms with van der Waals surface area (Å²) in [5.41, 5.74) is 1.48. The van der Waals surface area contributed by atoms with E-state index in [1.54, 1.807) is 83.8 Å². The first-order valence-electron chi connectivity index (χ1n) is 12.7. The molecule has 2 aromatic heterocycles. The number of sulfone groups is 1. The van der Waals surface area contributed by atoms with Crippen molar-refractivity contribution in [1.29, 1.82) is 0 Å². The predicted octanol–water partition coefficient (Wildman–Crippen LogP) is 5.81. The standard InChI is InChI=1S/C29H33N5O5S/c1-29(2,3)26-19-27(34(33-26)22-8-5-10-25(18-22)40(36,37)17-7-16-38-4)32-28(35)31-21-11-13-23(14-12-21)39-24-9-6-15-30-20-24/h5-6,8-15,18-20H,7,16-17H2,1-4H3,(H2,31,32,35). The molecule has 0 aliphatic heterocycles. The number of aromatic nitrogens is 3. The summed E-state index contributed by atoms with van der Waals surface area (Å²) in [5.74, 6) is 1.57. The molecule has 2 heterocycles. The summed E-state index contributed by atoms with van der Waals surface area (Å²) in [4.78, 5) is 17.2. The number of nitrogens with one attached hydrogen (secondary N) is 2. The highest BCUT2D eigenvalue weighted by molar-refractivity contribution is 7.91. The van der Waals surface area contributed by atoms with Crippen LogP contribution in [0.3, 0.4) is 0 Å². The maximum absolute atomic E-state index is 13.0. The second-order valence-electron chi connectivity index (χ2n) is 10.1. The lowest BCUT2D eigenvalue weighted by atomic mass is 9.92. The first-order valence-corrected chi connectivity index (χ1v) is 14.4.